The van der Waals surface area contributed by atoms with Gasteiger partial charge in [0.2, 0.25) is 17.6 Å². The van der Waals surface area contributed by atoms with Crippen molar-refractivity contribution in [2.45, 2.75) is 32.3 Å². The van der Waals surface area contributed by atoms with Crippen LogP contribution in [0, 0.1) is 5.82 Å². The smallest absolute Gasteiger partial charge is 0.232 e. The standard InChI is InChI=1S/C21H19ClFN3O3/c1-12(2)28-16-6-3-13(4-7-16)20-24-21(29-25-20)14-9-19(27)26(11-14)18-8-5-15(22)10-17(18)23/h3-8,10,12,14H,9,11H2,1-2H3. The fourth-order valence-electron chi connectivity index (χ4n) is 3.28. The quantitative estimate of drug-likeness (QED) is 0.596. The molecule has 1 atom stereocenters. The first-order valence-corrected chi connectivity index (χ1v) is 9.64. The number of amides is 1. The molecule has 6 nitrogen and oxygen atoms in total. The number of carbonyl (C=O) groups excluding carboxylic acids is 1. The maximum atomic E-state index is 14.2. The van der Waals surface area contributed by atoms with Crippen LogP contribution in [-0.4, -0.2) is 28.7 Å². The lowest BCUT2D eigenvalue weighted by Gasteiger charge is -2.16. The molecule has 2 heterocycles. The summed E-state index contributed by atoms with van der Waals surface area (Å²) in [5.41, 5.74) is 0.975. The second kappa shape index (κ2) is 7.83. The van der Waals surface area contributed by atoms with Crippen molar-refractivity contribution in [1.29, 1.82) is 0 Å². The third kappa shape index (κ3) is 4.10. The lowest BCUT2D eigenvalue weighted by atomic mass is 10.1. The SMILES string of the molecule is CC(C)Oc1ccc(-c2noc(C3CC(=O)N(c4ccc(Cl)cc4F)C3)n2)cc1. The van der Waals surface area contributed by atoms with Crippen molar-refractivity contribution in [1.82, 2.24) is 10.1 Å². The first-order valence-electron chi connectivity index (χ1n) is 9.27. The molecular weight excluding hydrogens is 397 g/mol. The first kappa shape index (κ1) is 19.4. The highest BCUT2D eigenvalue weighted by atomic mass is 35.5. The molecule has 0 radical (unpaired) electrons. The molecule has 1 unspecified atom stereocenters. The van der Waals surface area contributed by atoms with E-state index in [-0.39, 0.29) is 41.6 Å². The molecule has 1 aliphatic rings. The van der Waals surface area contributed by atoms with Crippen LogP contribution in [0.3, 0.4) is 0 Å². The van der Waals surface area contributed by atoms with E-state index in [2.05, 4.69) is 10.1 Å². The number of halogens is 2. The average molecular weight is 416 g/mol. The highest BCUT2D eigenvalue weighted by molar-refractivity contribution is 6.30. The zero-order valence-corrected chi connectivity index (χ0v) is 16.7. The number of benzene rings is 2. The number of nitrogens with zero attached hydrogens (tertiary/aromatic N) is 3. The topological polar surface area (TPSA) is 68.5 Å². The third-order valence-corrected chi connectivity index (χ3v) is 4.84. The Morgan fingerprint density at radius 3 is 2.69 bits per heavy atom. The van der Waals surface area contributed by atoms with Gasteiger partial charge in [0.25, 0.3) is 0 Å². The Hall–Kier alpha value is -2.93. The molecule has 1 fully saturated rings. The number of rotatable bonds is 5. The molecule has 0 aliphatic carbocycles. The minimum Gasteiger partial charge on any atom is -0.491 e. The molecule has 1 amide bonds. The van der Waals surface area contributed by atoms with E-state index in [1.807, 2.05) is 38.1 Å². The minimum atomic E-state index is -0.540. The Morgan fingerprint density at radius 1 is 1.24 bits per heavy atom. The zero-order valence-electron chi connectivity index (χ0n) is 15.9. The van der Waals surface area contributed by atoms with Crippen LogP contribution in [0.25, 0.3) is 11.4 Å². The van der Waals surface area contributed by atoms with Gasteiger partial charge in [0, 0.05) is 23.6 Å². The molecule has 0 spiro atoms. The lowest BCUT2D eigenvalue weighted by Crippen LogP contribution is -2.25. The number of hydrogen-bond acceptors (Lipinski definition) is 5. The number of carbonyl (C=O) groups is 1. The Morgan fingerprint density at radius 2 is 2.00 bits per heavy atom. The summed E-state index contributed by atoms with van der Waals surface area (Å²) in [6.45, 7) is 4.18. The normalized spacial score (nSPS) is 16.7. The van der Waals surface area contributed by atoms with Crippen molar-refractivity contribution in [2.24, 2.45) is 0 Å². The van der Waals surface area contributed by atoms with Gasteiger partial charge in [-0.25, -0.2) is 4.39 Å². The van der Waals surface area contributed by atoms with Gasteiger partial charge in [-0.05, 0) is 56.3 Å². The van der Waals surface area contributed by atoms with Gasteiger partial charge in [0.1, 0.15) is 11.6 Å². The molecule has 0 N–H and O–H groups in total. The van der Waals surface area contributed by atoms with Crippen LogP contribution < -0.4 is 9.64 Å². The van der Waals surface area contributed by atoms with Crippen LogP contribution in [0.2, 0.25) is 5.02 Å². The Balaban J connectivity index is 1.50. The first-order chi connectivity index (χ1) is 13.9. The van der Waals surface area contributed by atoms with Crippen LogP contribution >= 0.6 is 11.6 Å². The number of aromatic nitrogens is 2. The summed E-state index contributed by atoms with van der Waals surface area (Å²) in [7, 11) is 0. The Kier molecular flexibility index (Phi) is 5.24. The summed E-state index contributed by atoms with van der Waals surface area (Å²) in [4.78, 5) is 18.2. The summed E-state index contributed by atoms with van der Waals surface area (Å²) in [5.74, 6) is 0.497. The average Bonchev–Trinajstić information content (AvgIpc) is 3.29. The Labute approximate surface area is 172 Å². The van der Waals surface area contributed by atoms with Crippen molar-refractivity contribution in [3.63, 3.8) is 0 Å². The van der Waals surface area contributed by atoms with Gasteiger partial charge in [0.15, 0.2) is 0 Å². The molecule has 1 saturated heterocycles. The molecule has 3 aromatic rings. The largest absolute Gasteiger partial charge is 0.491 e. The van der Waals surface area contributed by atoms with E-state index in [9.17, 15) is 9.18 Å². The molecule has 4 rings (SSSR count). The summed E-state index contributed by atoms with van der Waals surface area (Å²) in [6.07, 6.45) is 0.260. The van der Waals surface area contributed by atoms with Gasteiger partial charge in [-0.1, -0.05) is 16.8 Å². The minimum absolute atomic E-state index is 0.0888. The highest BCUT2D eigenvalue weighted by Crippen LogP contribution is 2.34. The Bertz CT molecular complexity index is 1040. The third-order valence-electron chi connectivity index (χ3n) is 4.60. The fraction of sp³-hybridized carbons (Fsp3) is 0.286. The van der Waals surface area contributed by atoms with Crippen LogP contribution in [-0.2, 0) is 4.79 Å². The molecule has 1 aromatic heterocycles. The molecule has 29 heavy (non-hydrogen) atoms. The van der Waals surface area contributed by atoms with Crippen molar-refractivity contribution in [2.75, 3.05) is 11.4 Å². The molecule has 0 saturated carbocycles. The zero-order chi connectivity index (χ0) is 20.5. The van der Waals surface area contributed by atoms with E-state index < -0.39 is 5.82 Å². The van der Waals surface area contributed by atoms with Gasteiger partial charge in [-0.2, -0.15) is 4.98 Å². The van der Waals surface area contributed by atoms with Crippen molar-refractivity contribution in [3.8, 4) is 17.1 Å². The number of ether oxygens (including phenoxy) is 1. The molecule has 150 valence electrons. The lowest BCUT2D eigenvalue weighted by molar-refractivity contribution is -0.117. The highest BCUT2D eigenvalue weighted by Gasteiger charge is 2.36. The summed E-state index contributed by atoms with van der Waals surface area (Å²) in [5, 5.41) is 4.30. The number of hydrogen-bond donors (Lipinski definition) is 0. The summed E-state index contributed by atoms with van der Waals surface area (Å²) >= 11 is 5.80. The van der Waals surface area contributed by atoms with Crippen molar-refractivity contribution >= 4 is 23.2 Å². The van der Waals surface area contributed by atoms with E-state index in [1.165, 1.54) is 17.0 Å². The molecule has 8 heteroatoms. The number of anilines is 1. The molecule has 1 aliphatic heterocycles. The van der Waals surface area contributed by atoms with E-state index in [4.69, 9.17) is 20.9 Å². The van der Waals surface area contributed by atoms with Gasteiger partial charge >= 0.3 is 0 Å². The van der Waals surface area contributed by atoms with E-state index in [0.29, 0.717) is 11.7 Å². The second-order valence-corrected chi connectivity index (χ2v) is 7.58. The molecule has 2 aromatic carbocycles. The van der Waals surface area contributed by atoms with E-state index in [1.54, 1.807) is 6.07 Å². The second-order valence-electron chi connectivity index (χ2n) is 7.15. The van der Waals surface area contributed by atoms with Gasteiger partial charge in [-0.3, -0.25) is 4.79 Å². The predicted molar refractivity (Wildman–Crippen MR) is 107 cm³/mol. The van der Waals surface area contributed by atoms with E-state index in [0.717, 1.165) is 11.3 Å². The van der Waals surface area contributed by atoms with Crippen molar-refractivity contribution < 1.29 is 18.4 Å². The summed E-state index contributed by atoms with van der Waals surface area (Å²) < 4.78 is 25.2. The van der Waals surface area contributed by atoms with Crippen LogP contribution in [0.15, 0.2) is 47.0 Å². The van der Waals surface area contributed by atoms with Crippen LogP contribution in [0.5, 0.6) is 5.75 Å². The van der Waals surface area contributed by atoms with Crippen LogP contribution in [0.4, 0.5) is 10.1 Å². The van der Waals surface area contributed by atoms with Crippen molar-refractivity contribution in [3.05, 3.63) is 59.2 Å². The maximum absolute atomic E-state index is 14.2. The monoisotopic (exact) mass is 415 g/mol. The van der Waals surface area contributed by atoms with E-state index >= 15 is 0 Å². The fourth-order valence-corrected chi connectivity index (χ4v) is 3.44. The molecule has 0 bridgehead atoms. The van der Waals surface area contributed by atoms with Gasteiger partial charge in [0.05, 0.1) is 17.7 Å². The van der Waals surface area contributed by atoms with Gasteiger partial charge in [-0.15, -0.1) is 0 Å². The van der Waals surface area contributed by atoms with Gasteiger partial charge < -0.3 is 14.2 Å². The molecular formula is C21H19ClFN3O3. The van der Waals surface area contributed by atoms with Crippen LogP contribution in [0.1, 0.15) is 32.1 Å². The predicted octanol–water partition coefficient (Wildman–Crippen LogP) is 4.84. The maximum Gasteiger partial charge on any atom is 0.232 e. The summed E-state index contributed by atoms with van der Waals surface area (Å²) in [6, 6.07) is 11.6.